The zero-order valence-electron chi connectivity index (χ0n) is 5.34. The van der Waals surface area contributed by atoms with E-state index >= 15 is 0 Å². The maximum atomic E-state index is 11.8. The minimum atomic E-state index is -2.60. The van der Waals surface area contributed by atoms with Gasteiger partial charge in [0.25, 0.3) is 6.43 Å². The van der Waals surface area contributed by atoms with Gasteiger partial charge in [0.1, 0.15) is 5.71 Å². The molecule has 0 unspecified atom stereocenters. The van der Waals surface area contributed by atoms with Crippen molar-refractivity contribution in [1.29, 1.82) is 0 Å². The van der Waals surface area contributed by atoms with E-state index in [1.807, 2.05) is 0 Å². The highest BCUT2D eigenvalue weighted by Gasteiger charge is 2.26. The molecule has 1 heterocycles. The fraction of sp³-hybridized carbons (Fsp3) is 0.600. The van der Waals surface area contributed by atoms with E-state index in [1.165, 1.54) is 7.05 Å². The Morgan fingerprint density at radius 1 is 1.70 bits per heavy atom. The van der Waals surface area contributed by atoms with E-state index in [0.29, 0.717) is 0 Å². The van der Waals surface area contributed by atoms with Crippen molar-refractivity contribution in [2.75, 3.05) is 7.05 Å². The highest BCUT2D eigenvalue weighted by Crippen LogP contribution is 2.10. The lowest BCUT2D eigenvalue weighted by molar-refractivity contribution is -0.127. The van der Waals surface area contributed by atoms with Crippen molar-refractivity contribution in [2.45, 2.75) is 12.8 Å². The van der Waals surface area contributed by atoms with Gasteiger partial charge in [0.2, 0.25) is 5.91 Å². The summed E-state index contributed by atoms with van der Waals surface area (Å²) in [6.45, 7) is 0. The molecule has 0 spiro atoms. The molecular formula is C5H6F2N2O. The number of carbonyl (C=O) groups excluding carboxylic acids is 1. The van der Waals surface area contributed by atoms with Gasteiger partial charge >= 0.3 is 0 Å². The molecule has 0 fully saturated rings. The van der Waals surface area contributed by atoms with Crippen LogP contribution in [0.2, 0.25) is 0 Å². The van der Waals surface area contributed by atoms with Crippen LogP contribution in [0.3, 0.4) is 0 Å². The van der Waals surface area contributed by atoms with Gasteiger partial charge in [0, 0.05) is 7.05 Å². The molecule has 5 heteroatoms. The number of hydrogen-bond acceptors (Lipinski definition) is 2. The molecule has 56 valence electrons. The molecule has 1 aliphatic rings. The Kier molecular flexibility index (Phi) is 1.65. The summed E-state index contributed by atoms with van der Waals surface area (Å²) in [5.41, 5.74) is -0.340. The summed E-state index contributed by atoms with van der Waals surface area (Å²) in [5.74, 6) is -0.379. The van der Waals surface area contributed by atoms with Crippen molar-refractivity contribution in [3.8, 4) is 0 Å². The van der Waals surface area contributed by atoms with Crippen LogP contribution in [-0.4, -0.2) is 30.1 Å². The van der Waals surface area contributed by atoms with Gasteiger partial charge in [-0.05, 0) is 0 Å². The van der Waals surface area contributed by atoms with Crippen LogP contribution in [0.4, 0.5) is 8.78 Å². The first-order valence-corrected chi connectivity index (χ1v) is 2.73. The second-order valence-electron chi connectivity index (χ2n) is 1.99. The molecule has 0 bridgehead atoms. The molecule has 3 nitrogen and oxygen atoms in total. The molecule has 1 aliphatic heterocycles. The zero-order chi connectivity index (χ0) is 7.72. The van der Waals surface area contributed by atoms with E-state index in [1.54, 1.807) is 0 Å². The molecule has 10 heavy (non-hydrogen) atoms. The highest BCUT2D eigenvalue weighted by atomic mass is 19.3. The van der Waals surface area contributed by atoms with Crippen molar-refractivity contribution < 1.29 is 13.6 Å². The number of alkyl halides is 2. The van der Waals surface area contributed by atoms with Crippen LogP contribution in [0.1, 0.15) is 6.42 Å². The lowest BCUT2D eigenvalue weighted by Gasteiger charge is -1.98. The van der Waals surface area contributed by atoms with Gasteiger partial charge in [-0.1, -0.05) is 0 Å². The molecule has 0 aromatic rings. The molecule has 0 aromatic heterocycles. The third kappa shape index (κ3) is 1.12. The topological polar surface area (TPSA) is 32.7 Å². The maximum Gasteiger partial charge on any atom is 0.278 e. The normalized spacial score (nSPS) is 18.6. The third-order valence-corrected chi connectivity index (χ3v) is 1.22. The summed E-state index contributed by atoms with van der Waals surface area (Å²) in [4.78, 5) is 10.6. The lowest BCUT2D eigenvalue weighted by atomic mass is 10.3. The Bertz CT molecular complexity index is 190. The summed E-state index contributed by atoms with van der Waals surface area (Å²) in [6.07, 6.45) is -2.84. The monoisotopic (exact) mass is 148 g/mol. The fourth-order valence-electron chi connectivity index (χ4n) is 0.674. The number of nitrogens with zero attached hydrogens (tertiary/aromatic N) is 2. The lowest BCUT2D eigenvalue weighted by Crippen LogP contribution is -2.14. The largest absolute Gasteiger partial charge is 0.278 e. The molecule has 1 rings (SSSR count). The Morgan fingerprint density at radius 2 is 2.30 bits per heavy atom. The molecule has 0 saturated carbocycles. The second kappa shape index (κ2) is 2.32. The highest BCUT2D eigenvalue weighted by molar-refractivity contribution is 6.06. The summed E-state index contributed by atoms with van der Waals surface area (Å²) < 4.78 is 23.6. The average molecular weight is 148 g/mol. The van der Waals surface area contributed by atoms with E-state index in [4.69, 9.17) is 0 Å². The second-order valence-corrected chi connectivity index (χ2v) is 1.99. The molecule has 0 aliphatic carbocycles. The Labute approximate surface area is 56.3 Å². The zero-order valence-corrected chi connectivity index (χ0v) is 5.34. The molecule has 1 amide bonds. The number of rotatable bonds is 1. The number of halogens is 2. The van der Waals surface area contributed by atoms with Crippen LogP contribution in [0.25, 0.3) is 0 Å². The van der Waals surface area contributed by atoms with Crippen LogP contribution < -0.4 is 0 Å². The van der Waals surface area contributed by atoms with E-state index < -0.39 is 6.43 Å². The van der Waals surface area contributed by atoms with Crippen molar-refractivity contribution in [1.82, 2.24) is 5.01 Å². The van der Waals surface area contributed by atoms with Gasteiger partial charge in [0.05, 0.1) is 6.42 Å². The van der Waals surface area contributed by atoms with E-state index in [0.717, 1.165) is 5.01 Å². The average Bonchev–Trinajstić information content (AvgIpc) is 2.13. The van der Waals surface area contributed by atoms with Gasteiger partial charge in [-0.2, -0.15) is 5.10 Å². The SMILES string of the molecule is CN1N=C(C(F)F)CC1=O. The first-order chi connectivity index (χ1) is 4.61. The maximum absolute atomic E-state index is 11.8. The van der Waals surface area contributed by atoms with Crippen LogP contribution in [-0.2, 0) is 4.79 Å². The standard InChI is InChI=1S/C5H6F2N2O/c1-9-4(10)2-3(8-9)5(6)7/h5H,2H2,1H3. The molecule has 0 atom stereocenters. The molecule has 0 aromatic carbocycles. The van der Waals surface area contributed by atoms with E-state index in [9.17, 15) is 13.6 Å². The first kappa shape index (κ1) is 7.11. The number of hydrogen-bond donors (Lipinski definition) is 0. The Morgan fingerprint density at radius 3 is 2.50 bits per heavy atom. The molecular weight excluding hydrogens is 142 g/mol. The summed E-state index contributed by atoms with van der Waals surface area (Å²) in [5, 5.41) is 4.25. The van der Waals surface area contributed by atoms with Gasteiger partial charge in [0.15, 0.2) is 0 Å². The predicted octanol–water partition coefficient (Wildman–Crippen LogP) is 0.470. The molecule has 0 saturated heterocycles. The van der Waals surface area contributed by atoms with Crippen LogP contribution >= 0.6 is 0 Å². The Hall–Kier alpha value is -1.00. The van der Waals surface area contributed by atoms with E-state index in [2.05, 4.69) is 5.10 Å². The van der Waals surface area contributed by atoms with Crippen molar-refractivity contribution in [3.63, 3.8) is 0 Å². The number of carbonyl (C=O) groups is 1. The summed E-state index contributed by atoms with van der Waals surface area (Å²) in [6, 6.07) is 0. The van der Waals surface area contributed by atoms with Crippen LogP contribution in [0.15, 0.2) is 5.10 Å². The van der Waals surface area contributed by atoms with Crippen molar-refractivity contribution in [3.05, 3.63) is 0 Å². The first-order valence-electron chi connectivity index (χ1n) is 2.73. The van der Waals surface area contributed by atoms with Gasteiger partial charge < -0.3 is 0 Å². The van der Waals surface area contributed by atoms with Crippen molar-refractivity contribution >= 4 is 11.6 Å². The molecule has 0 N–H and O–H groups in total. The van der Waals surface area contributed by atoms with Gasteiger partial charge in [-0.3, -0.25) is 4.79 Å². The molecule has 0 radical (unpaired) electrons. The predicted molar refractivity (Wildman–Crippen MR) is 30.8 cm³/mol. The van der Waals surface area contributed by atoms with Crippen molar-refractivity contribution in [2.24, 2.45) is 5.10 Å². The smallest absolute Gasteiger partial charge is 0.273 e. The van der Waals surface area contributed by atoms with Crippen LogP contribution in [0, 0.1) is 0 Å². The Balaban J connectivity index is 2.67. The minimum absolute atomic E-state index is 0.242. The van der Waals surface area contributed by atoms with E-state index in [-0.39, 0.29) is 18.0 Å². The number of hydrazone groups is 1. The number of amides is 1. The summed E-state index contributed by atoms with van der Waals surface area (Å²) in [7, 11) is 1.36. The minimum Gasteiger partial charge on any atom is -0.273 e. The third-order valence-electron chi connectivity index (χ3n) is 1.22. The van der Waals surface area contributed by atoms with Crippen LogP contribution in [0.5, 0.6) is 0 Å². The summed E-state index contributed by atoms with van der Waals surface area (Å²) >= 11 is 0. The van der Waals surface area contributed by atoms with Gasteiger partial charge in [-0.25, -0.2) is 13.8 Å². The fourth-order valence-corrected chi connectivity index (χ4v) is 0.674. The quantitative estimate of drug-likeness (QED) is 0.532. The van der Waals surface area contributed by atoms with Gasteiger partial charge in [-0.15, -0.1) is 0 Å².